The van der Waals surface area contributed by atoms with Gasteiger partial charge in [0.25, 0.3) is 5.91 Å². The lowest BCUT2D eigenvalue weighted by atomic mass is 10.1. The summed E-state index contributed by atoms with van der Waals surface area (Å²) in [5, 5.41) is 6.97. The fourth-order valence-corrected chi connectivity index (χ4v) is 3.22. The molecule has 2 amide bonds. The van der Waals surface area contributed by atoms with E-state index in [2.05, 4.69) is 10.6 Å². The second-order valence-electron chi connectivity index (χ2n) is 5.36. The number of carbonyl (C=O) groups is 2. The summed E-state index contributed by atoms with van der Waals surface area (Å²) in [6, 6.07) is 15.4. The molecule has 25 heavy (non-hydrogen) atoms. The minimum atomic E-state index is -0.569. The number of benzene rings is 2. The largest absolute Gasteiger partial charge is 0.326 e. The third-order valence-electron chi connectivity index (χ3n) is 3.49. The van der Waals surface area contributed by atoms with Crippen LogP contribution in [-0.2, 0) is 4.79 Å². The van der Waals surface area contributed by atoms with Gasteiger partial charge in [0.05, 0.1) is 10.6 Å². The summed E-state index contributed by atoms with van der Waals surface area (Å²) < 4.78 is 14.0. The Morgan fingerprint density at radius 3 is 2.48 bits per heavy atom. The molecule has 1 heterocycles. The van der Waals surface area contributed by atoms with Gasteiger partial charge in [-0.15, -0.1) is 11.3 Å². The first kappa shape index (κ1) is 16.9. The summed E-state index contributed by atoms with van der Waals surface area (Å²) in [7, 11) is 0. The van der Waals surface area contributed by atoms with E-state index in [9.17, 15) is 14.0 Å². The maximum Gasteiger partial charge on any atom is 0.266 e. The van der Waals surface area contributed by atoms with Gasteiger partial charge in [-0.2, -0.15) is 0 Å². The monoisotopic (exact) mass is 354 g/mol. The molecule has 126 valence electrons. The van der Waals surface area contributed by atoms with E-state index in [-0.39, 0.29) is 11.6 Å². The van der Waals surface area contributed by atoms with Crippen molar-refractivity contribution in [1.29, 1.82) is 0 Å². The van der Waals surface area contributed by atoms with E-state index in [1.165, 1.54) is 36.5 Å². The van der Waals surface area contributed by atoms with Crippen LogP contribution in [0.4, 0.5) is 15.8 Å². The van der Waals surface area contributed by atoms with Crippen molar-refractivity contribution < 1.29 is 14.0 Å². The molecule has 0 aliphatic carbocycles. The smallest absolute Gasteiger partial charge is 0.266 e. The fourth-order valence-electron chi connectivity index (χ4n) is 2.41. The molecule has 0 spiro atoms. The Morgan fingerprint density at radius 2 is 1.76 bits per heavy atom. The van der Waals surface area contributed by atoms with Gasteiger partial charge in [0.2, 0.25) is 5.91 Å². The van der Waals surface area contributed by atoms with E-state index in [4.69, 9.17) is 0 Å². The molecule has 6 heteroatoms. The van der Waals surface area contributed by atoms with Gasteiger partial charge in [-0.3, -0.25) is 9.59 Å². The van der Waals surface area contributed by atoms with E-state index in [0.717, 1.165) is 11.1 Å². The highest BCUT2D eigenvalue weighted by Crippen LogP contribution is 2.29. The Labute approximate surface area is 148 Å². The molecule has 0 aliphatic heterocycles. The molecule has 0 fully saturated rings. The van der Waals surface area contributed by atoms with Crippen LogP contribution in [0.5, 0.6) is 0 Å². The third-order valence-corrected chi connectivity index (χ3v) is 4.40. The zero-order valence-electron chi connectivity index (χ0n) is 13.4. The lowest BCUT2D eigenvalue weighted by molar-refractivity contribution is -0.114. The number of thiophene rings is 1. The molecule has 2 aromatic carbocycles. The van der Waals surface area contributed by atoms with Crippen LogP contribution in [-0.4, -0.2) is 11.8 Å². The number of amides is 2. The van der Waals surface area contributed by atoms with Crippen LogP contribution in [0.2, 0.25) is 0 Å². The predicted octanol–water partition coefficient (Wildman–Crippen LogP) is 4.76. The van der Waals surface area contributed by atoms with Crippen LogP contribution in [0.25, 0.3) is 11.1 Å². The molecule has 0 unspecified atom stereocenters. The highest BCUT2D eigenvalue weighted by molar-refractivity contribution is 7.12. The minimum Gasteiger partial charge on any atom is -0.326 e. The second kappa shape index (κ2) is 7.27. The lowest BCUT2D eigenvalue weighted by Gasteiger charge is -2.10. The maximum atomic E-state index is 14.0. The summed E-state index contributed by atoms with van der Waals surface area (Å²) in [5.74, 6) is -1.23. The number of nitrogens with one attached hydrogen (secondary N) is 2. The molecular weight excluding hydrogens is 339 g/mol. The Bertz CT molecular complexity index is 922. The number of halogens is 1. The normalized spacial score (nSPS) is 10.3. The van der Waals surface area contributed by atoms with Gasteiger partial charge in [0, 0.05) is 18.2 Å². The van der Waals surface area contributed by atoms with Gasteiger partial charge in [0.15, 0.2) is 0 Å². The minimum absolute atomic E-state index is 0.0173. The van der Waals surface area contributed by atoms with Crippen LogP contribution in [0, 0.1) is 5.82 Å². The summed E-state index contributed by atoms with van der Waals surface area (Å²) in [4.78, 5) is 24.2. The Hall–Kier alpha value is -2.99. The fraction of sp³-hybridized carbons (Fsp3) is 0.0526. The van der Waals surface area contributed by atoms with E-state index < -0.39 is 11.7 Å². The van der Waals surface area contributed by atoms with Crippen molar-refractivity contribution in [3.8, 4) is 11.1 Å². The molecular formula is C19H15FN2O2S. The van der Waals surface area contributed by atoms with Gasteiger partial charge in [-0.25, -0.2) is 4.39 Å². The van der Waals surface area contributed by atoms with Crippen molar-refractivity contribution in [1.82, 2.24) is 0 Å². The van der Waals surface area contributed by atoms with Gasteiger partial charge >= 0.3 is 0 Å². The molecule has 4 nitrogen and oxygen atoms in total. The molecule has 1 aromatic heterocycles. The average Bonchev–Trinajstić information content (AvgIpc) is 3.08. The topological polar surface area (TPSA) is 58.2 Å². The summed E-state index contributed by atoms with van der Waals surface area (Å²) in [6.45, 7) is 1.36. The standard InChI is InChI=1S/C19H15FN2O2S/c1-12(23)21-14-7-8-16(20)17(11-14)22-19(24)18-15(9-10-25-18)13-5-3-2-4-6-13/h2-11H,1H3,(H,21,23)(H,22,24). The Balaban J connectivity index is 1.87. The Kier molecular flexibility index (Phi) is 4.90. The summed E-state index contributed by atoms with van der Waals surface area (Å²) in [6.07, 6.45) is 0. The lowest BCUT2D eigenvalue weighted by Crippen LogP contribution is -2.13. The molecule has 0 bridgehead atoms. The number of anilines is 2. The number of hydrogen-bond acceptors (Lipinski definition) is 3. The van der Waals surface area contributed by atoms with Crippen molar-refractivity contribution in [2.24, 2.45) is 0 Å². The predicted molar refractivity (Wildman–Crippen MR) is 98.4 cm³/mol. The van der Waals surface area contributed by atoms with Crippen molar-refractivity contribution in [2.75, 3.05) is 10.6 Å². The van der Waals surface area contributed by atoms with Crippen LogP contribution in [0.15, 0.2) is 60.0 Å². The van der Waals surface area contributed by atoms with Crippen molar-refractivity contribution in [3.63, 3.8) is 0 Å². The highest BCUT2D eigenvalue weighted by Gasteiger charge is 2.16. The van der Waals surface area contributed by atoms with Crippen LogP contribution < -0.4 is 10.6 Å². The van der Waals surface area contributed by atoms with Gasteiger partial charge in [-0.1, -0.05) is 30.3 Å². The number of carbonyl (C=O) groups excluding carboxylic acids is 2. The number of hydrogen-bond donors (Lipinski definition) is 2. The van der Waals surface area contributed by atoms with E-state index in [1.807, 2.05) is 41.8 Å². The molecule has 0 saturated heterocycles. The molecule has 2 N–H and O–H groups in total. The third kappa shape index (κ3) is 3.92. The molecule has 0 aliphatic rings. The van der Waals surface area contributed by atoms with Crippen LogP contribution >= 0.6 is 11.3 Å². The van der Waals surface area contributed by atoms with E-state index >= 15 is 0 Å². The number of rotatable bonds is 4. The first-order valence-electron chi connectivity index (χ1n) is 7.56. The van der Waals surface area contributed by atoms with Crippen LogP contribution in [0.3, 0.4) is 0 Å². The van der Waals surface area contributed by atoms with Crippen molar-refractivity contribution >= 4 is 34.5 Å². The van der Waals surface area contributed by atoms with Gasteiger partial charge in [0.1, 0.15) is 5.82 Å². The van der Waals surface area contributed by atoms with E-state index in [1.54, 1.807) is 0 Å². The van der Waals surface area contributed by atoms with Gasteiger partial charge in [-0.05, 0) is 35.2 Å². The SMILES string of the molecule is CC(=O)Nc1ccc(F)c(NC(=O)c2sccc2-c2ccccc2)c1. The summed E-state index contributed by atoms with van der Waals surface area (Å²) >= 11 is 1.29. The van der Waals surface area contributed by atoms with Crippen LogP contribution in [0.1, 0.15) is 16.6 Å². The first-order chi connectivity index (χ1) is 12.0. The first-order valence-corrected chi connectivity index (χ1v) is 8.44. The molecule has 0 saturated carbocycles. The maximum absolute atomic E-state index is 14.0. The zero-order valence-corrected chi connectivity index (χ0v) is 14.2. The van der Waals surface area contributed by atoms with E-state index in [0.29, 0.717) is 10.6 Å². The second-order valence-corrected chi connectivity index (χ2v) is 6.28. The van der Waals surface area contributed by atoms with Crippen molar-refractivity contribution in [3.05, 3.63) is 70.7 Å². The molecule has 0 radical (unpaired) electrons. The average molecular weight is 354 g/mol. The zero-order chi connectivity index (χ0) is 17.8. The Morgan fingerprint density at radius 1 is 1.00 bits per heavy atom. The van der Waals surface area contributed by atoms with Crippen molar-refractivity contribution in [2.45, 2.75) is 6.92 Å². The molecule has 3 rings (SSSR count). The quantitative estimate of drug-likeness (QED) is 0.709. The summed E-state index contributed by atoms with van der Waals surface area (Å²) in [5.41, 5.74) is 2.14. The molecule has 0 atom stereocenters. The van der Waals surface area contributed by atoms with Gasteiger partial charge < -0.3 is 10.6 Å². The highest BCUT2D eigenvalue weighted by atomic mass is 32.1. The molecule has 3 aromatic rings.